The zero-order valence-corrected chi connectivity index (χ0v) is 78.4. The van der Waals surface area contributed by atoms with Gasteiger partial charge in [-0.25, -0.2) is 4.79 Å². The molecule has 0 aromatic rings. The van der Waals surface area contributed by atoms with Crippen molar-refractivity contribution in [2.75, 3.05) is 66.1 Å². The Bertz CT molecular complexity index is 4150. The van der Waals surface area contributed by atoms with E-state index in [0.29, 0.717) is 0 Å². The summed E-state index contributed by atoms with van der Waals surface area (Å²) in [6.45, 7) is -5.04. The van der Waals surface area contributed by atoms with Crippen molar-refractivity contribution in [1.82, 2.24) is 31.9 Å². The minimum absolute atomic E-state index is 0.845. The van der Waals surface area contributed by atoms with Gasteiger partial charge in [0.15, 0.2) is 62.9 Å². The zero-order valence-electron chi connectivity index (χ0n) is 78.4. The van der Waals surface area contributed by atoms with Crippen molar-refractivity contribution in [2.24, 2.45) is 0 Å². The van der Waals surface area contributed by atoms with E-state index in [-0.39, 0.29) is 0 Å². The molecule has 56 atom stereocenters. The second-order valence-electron chi connectivity index (χ2n) is 36.7. The third-order valence-corrected chi connectivity index (χ3v) is 26.3. The van der Waals surface area contributed by atoms with E-state index >= 15 is 0 Å². The minimum atomic E-state index is -3.12. The van der Waals surface area contributed by atoms with Crippen LogP contribution in [0.1, 0.15) is 54.9 Å². The quantitative estimate of drug-likeness (QED) is 0.0272. The molecule has 11 saturated heterocycles. The maximum atomic E-state index is 13.4. The van der Waals surface area contributed by atoms with E-state index in [2.05, 4.69) is 31.9 Å². The fraction of sp³-hybridized carbons (Fsp3) is 0.914. The number of ether oxygens (including phenoxy) is 21. The van der Waals surface area contributed by atoms with Gasteiger partial charge in [-0.05, 0) is 6.92 Å². The highest BCUT2D eigenvalue weighted by molar-refractivity contribution is 5.77. The highest BCUT2D eigenvalue weighted by Gasteiger charge is 2.64. The Balaban J connectivity index is 0.908. The van der Waals surface area contributed by atoms with E-state index in [4.69, 9.17) is 99.5 Å². The van der Waals surface area contributed by atoms with E-state index in [1.807, 2.05) is 0 Å². The molecule has 0 aromatic carbocycles. The molecule has 11 fully saturated rings. The van der Waals surface area contributed by atoms with Crippen molar-refractivity contribution in [2.45, 2.75) is 398 Å². The first-order chi connectivity index (χ1) is 68.3. The van der Waals surface area contributed by atoms with Gasteiger partial charge in [0.05, 0.1) is 84.3 Å². The maximum Gasteiger partial charge on any atom is 0.364 e. The molecule has 0 aliphatic carbocycles. The monoisotopic (exact) mass is 2120 g/mol. The molecule has 145 heavy (non-hydrogen) atoms. The van der Waals surface area contributed by atoms with Crippen molar-refractivity contribution in [3.8, 4) is 0 Å². The van der Waals surface area contributed by atoms with Crippen LogP contribution < -0.4 is 31.9 Å². The lowest BCUT2D eigenvalue weighted by molar-refractivity contribution is -0.398. The summed E-state index contributed by atoms with van der Waals surface area (Å²) in [5, 5.41) is 353. The Morgan fingerprint density at radius 1 is 0.297 bits per heavy atom. The molecule has 64 heteroatoms. The molecule has 11 heterocycles. The van der Waals surface area contributed by atoms with Crippen LogP contribution in [0.15, 0.2) is 0 Å². The molecule has 836 valence electrons. The molecule has 11 aliphatic rings. The molecule has 11 rings (SSSR count). The number of rotatable bonds is 39. The number of carbonyl (C=O) groups is 7. The third-order valence-electron chi connectivity index (χ3n) is 26.3. The number of hydrogen-bond donors (Lipinski definition) is 36. The molecule has 6 amide bonds. The van der Waals surface area contributed by atoms with Crippen molar-refractivity contribution >= 4 is 41.4 Å². The lowest BCUT2D eigenvalue weighted by Crippen LogP contribution is -2.71. The number of nitrogens with one attached hydrogen (secondary N) is 6. The number of amides is 6. The van der Waals surface area contributed by atoms with Gasteiger partial charge in [-0.2, -0.15) is 0 Å². The summed E-state index contributed by atoms with van der Waals surface area (Å²) in [6.07, 6.45) is -107. The fourth-order valence-corrected chi connectivity index (χ4v) is 18.7. The fourth-order valence-electron chi connectivity index (χ4n) is 18.7. The average Bonchev–Trinajstić information content (AvgIpc) is 0.764. The smallest absolute Gasteiger partial charge is 0.364 e. The second kappa shape index (κ2) is 51.8. The largest absolute Gasteiger partial charge is 0.477 e. The Morgan fingerprint density at radius 2 is 0.614 bits per heavy atom. The van der Waals surface area contributed by atoms with Gasteiger partial charge in [0, 0.05) is 48.0 Å². The van der Waals surface area contributed by atoms with Crippen molar-refractivity contribution in [1.29, 1.82) is 0 Å². The van der Waals surface area contributed by atoms with E-state index in [1.165, 1.54) is 6.92 Å². The van der Waals surface area contributed by atoms with Gasteiger partial charge in [0.2, 0.25) is 35.4 Å². The number of hydrogen-bond acceptors (Lipinski definition) is 57. The minimum Gasteiger partial charge on any atom is -0.477 e. The van der Waals surface area contributed by atoms with Crippen molar-refractivity contribution < 1.29 is 286 Å². The average molecular weight is 2120 g/mol. The first kappa shape index (κ1) is 120. The molecule has 0 aromatic heterocycles. The Hall–Kier alpha value is -5.71. The van der Waals surface area contributed by atoms with Crippen LogP contribution in [-0.4, -0.2) is 604 Å². The Kier molecular flexibility index (Phi) is 42.7. The van der Waals surface area contributed by atoms with E-state index in [9.17, 15) is 187 Å². The lowest BCUT2D eigenvalue weighted by Gasteiger charge is -2.51. The van der Waals surface area contributed by atoms with Crippen molar-refractivity contribution in [3.05, 3.63) is 0 Å². The molecule has 11 aliphatic heterocycles. The first-order valence-corrected chi connectivity index (χ1v) is 46.1. The van der Waals surface area contributed by atoms with Crippen LogP contribution in [0, 0.1) is 0 Å². The van der Waals surface area contributed by atoms with Crippen LogP contribution in [0.4, 0.5) is 0 Å². The number of aliphatic carboxylic acids is 1. The van der Waals surface area contributed by atoms with Crippen LogP contribution in [0.25, 0.3) is 0 Å². The van der Waals surface area contributed by atoms with E-state index < -0.39 is 457 Å². The van der Waals surface area contributed by atoms with Crippen LogP contribution >= 0.6 is 0 Å². The van der Waals surface area contributed by atoms with Gasteiger partial charge in [-0.1, -0.05) is 0 Å². The molecule has 0 bridgehead atoms. The van der Waals surface area contributed by atoms with Crippen LogP contribution in [0.3, 0.4) is 0 Å². The number of carboxylic acids is 1. The summed E-state index contributed by atoms with van der Waals surface area (Å²) >= 11 is 0. The summed E-state index contributed by atoms with van der Waals surface area (Å²) in [7, 11) is 0. The van der Waals surface area contributed by atoms with Crippen LogP contribution in [-0.2, 0) is 133 Å². The van der Waals surface area contributed by atoms with Gasteiger partial charge in [0.1, 0.15) is 256 Å². The van der Waals surface area contributed by atoms with Gasteiger partial charge in [0.25, 0.3) is 5.79 Å². The molecule has 0 spiro atoms. The molecular formula is C81H134N6O58. The number of carboxylic acid groups (broad SMARTS) is 1. The Morgan fingerprint density at radius 3 is 1.05 bits per heavy atom. The second-order valence-corrected chi connectivity index (χ2v) is 36.7. The molecule has 0 saturated carbocycles. The topological polar surface area (TPSA) is 992 Å². The molecule has 0 unspecified atom stereocenters. The highest BCUT2D eigenvalue weighted by atomic mass is 16.8. The van der Waals surface area contributed by atoms with Crippen LogP contribution in [0.2, 0.25) is 0 Å². The van der Waals surface area contributed by atoms with Gasteiger partial charge in [-0.15, -0.1) is 0 Å². The number of aliphatic hydroxyl groups is 29. The normalized spacial score (nSPS) is 47.2. The predicted octanol–water partition coefficient (Wildman–Crippen LogP) is -23.9. The summed E-state index contributed by atoms with van der Waals surface area (Å²) in [5.74, 6) is -10.8. The molecule has 0 radical (unpaired) electrons. The van der Waals surface area contributed by atoms with Gasteiger partial charge < -0.3 is 285 Å². The maximum absolute atomic E-state index is 13.4. The van der Waals surface area contributed by atoms with E-state index in [1.54, 1.807) is 0 Å². The summed E-state index contributed by atoms with van der Waals surface area (Å²) < 4.78 is 126. The third kappa shape index (κ3) is 27.0. The summed E-state index contributed by atoms with van der Waals surface area (Å²) in [5.41, 5.74) is 0. The van der Waals surface area contributed by atoms with Gasteiger partial charge >= 0.3 is 5.97 Å². The zero-order chi connectivity index (χ0) is 107. The standard InChI is InChI=1S/C81H134N6O58/c1-19-43(103)55(115)59(119)75(128-19)125-17-36-65(51(111)38(70(122)129-36)83-21(3)96)139-72-40(85-23(5)98)53(113)64(33(15-94)133-72)141-77-61(121)67(142-79-69(58(118)47(107)30(12-91)132-79)144-74-41(86-24(6)99)52(112)62(31(13-92)134-74)138-71-39(84-22(4)97)50(110)45(105)28(10-89)130-71)49(109)34(136-77)16-126-78-68(57(117)46(106)29(11-90)131-78)143-73-42(87-25(7)100)54(114)63(32(14-93)135-73)140-76-60(120)56(116)48(108)35(137-76)18-127-81(80(123)124)8-26(101)37(82-20(2)95)66(145-81)44(104)27(102)9-88/h19,26-79,88-94,101-122H,8-18H2,1-7H3,(H,82,95)(H,83,96)(H,84,97)(H,85,98)(H,86,99)(H,87,100)(H,123,124)/t19-,26-,27+,28+,29+,30+,31+,32+,33+,34+,35+,36+,37+,38+,39+,40+,41+,42+,43+,44+,45-,46+,47+,48-,49+,50+,51+,52+,53+,54+,55+,56-,57-,58-,59-,60+,61-,62+,63+,64+,65+,66+,67-,68-,69-,70+,71-,72-,73-,74-,75+,76-,77-,78-,79+,81+/m0/s1. The summed E-state index contributed by atoms with van der Waals surface area (Å²) in [6, 6.07) is -11.4. The highest BCUT2D eigenvalue weighted by Crippen LogP contribution is 2.43. The van der Waals surface area contributed by atoms with Crippen molar-refractivity contribution in [3.63, 3.8) is 0 Å². The van der Waals surface area contributed by atoms with Gasteiger partial charge in [-0.3, -0.25) is 28.8 Å². The number of carbonyl (C=O) groups excluding carboxylic acids is 6. The molecular weight excluding hydrogens is 1980 g/mol. The summed E-state index contributed by atoms with van der Waals surface area (Å²) in [4.78, 5) is 90.1. The lowest BCUT2D eigenvalue weighted by atomic mass is 9.88. The predicted molar refractivity (Wildman–Crippen MR) is 448 cm³/mol. The molecule has 36 N–H and O–H groups in total. The molecule has 64 nitrogen and oxygen atoms in total. The van der Waals surface area contributed by atoms with Crippen LogP contribution in [0.5, 0.6) is 0 Å². The Labute approximate surface area is 821 Å². The first-order valence-electron chi connectivity index (χ1n) is 46.1. The van der Waals surface area contributed by atoms with E-state index in [0.717, 1.165) is 41.5 Å². The SMILES string of the molecule is CC(=O)N[C@@H]1[C@@H](O)[C@H](O[C@@H]2O[C@H](CO)[C@@H](O[C@@H]3O[C@H](CO[C@H]4O[C@H](CO)[C@@H](O)[C@H](O)[C@@H]4O[C@@H]4O[C@H](CO)[C@@H](O[C@@H]5O[C@H](CO[C@]6(C(=O)O)C[C@H](O)[C@@H](NC(C)=O)[C@H]([C@H](O)[C@H](O)CO)O6)[C@H](O)[C@H](O)[C@H]5O)[C@H](O)[C@H]4NC(C)=O)[C@@H](O)[C@H](O[C@H]4O[C@H](CO)[C@@H](O)[C@H](O)[C@@H]4O[C@@H]4O[C@H](CO)[C@@H](O[C@@H]5O[C@H](CO)[C@H](O)[C@H](O)[C@H]5NC(C)=O)[C@H](O)[C@H]4NC(C)=O)[C@@H]3O)[C@H](O)[C@H]2NC(C)=O)[C@@H](CO[C@@H]2O[C@@H](C)[C@@H](O)[C@@H](O)[C@@H]2O)O[C@H]1O. The number of aliphatic hydroxyl groups excluding tert-OH is 29.